The van der Waals surface area contributed by atoms with Crippen LogP contribution in [0.5, 0.6) is 0 Å². The molecule has 0 unspecified atom stereocenters. The van der Waals surface area contributed by atoms with Gasteiger partial charge in [0.1, 0.15) is 6.54 Å². The Morgan fingerprint density at radius 1 is 0.943 bits per heavy atom. The number of carbonyl (C=O) groups excluding carboxylic acids is 2. The van der Waals surface area contributed by atoms with Crippen LogP contribution in [0.25, 0.3) is 0 Å². The lowest BCUT2D eigenvalue weighted by atomic mass is 10.1. The van der Waals surface area contributed by atoms with Crippen LogP contribution >= 0.6 is 11.6 Å². The van der Waals surface area contributed by atoms with E-state index in [4.69, 9.17) is 11.6 Å². The maximum atomic E-state index is 13.6. The van der Waals surface area contributed by atoms with E-state index in [0.717, 1.165) is 9.87 Å². The van der Waals surface area contributed by atoms with Crippen molar-refractivity contribution in [2.24, 2.45) is 0 Å². The minimum Gasteiger partial charge on any atom is -0.350 e. The number of nitrogens with zero attached hydrogens (tertiary/aromatic N) is 1. The summed E-state index contributed by atoms with van der Waals surface area (Å²) in [5.41, 5.74) is 2.28. The molecule has 0 aliphatic rings. The summed E-state index contributed by atoms with van der Waals surface area (Å²) < 4.78 is 28.3. The largest absolute Gasteiger partial charge is 0.350 e. The Bertz CT molecular complexity index is 1340. The van der Waals surface area contributed by atoms with E-state index in [-0.39, 0.29) is 28.1 Å². The molecule has 0 saturated heterocycles. The van der Waals surface area contributed by atoms with E-state index in [2.05, 4.69) is 10.6 Å². The first-order chi connectivity index (χ1) is 16.5. The smallest absolute Gasteiger partial charge is 0.264 e. The van der Waals surface area contributed by atoms with Crippen LogP contribution < -0.4 is 14.9 Å². The predicted octanol–water partition coefficient (Wildman–Crippen LogP) is 4.93. The number of nitrogens with one attached hydrogen (secondary N) is 2. The summed E-state index contributed by atoms with van der Waals surface area (Å²) in [6.45, 7) is 6.70. The zero-order chi connectivity index (χ0) is 25.8. The molecule has 2 amide bonds. The van der Waals surface area contributed by atoms with E-state index < -0.39 is 22.5 Å². The predicted molar refractivity (Wildman–Crippen MR) is 140 cm³/mol. The third-order valence-electron chi connectivity index (χ3n) is 5.27. The van der Waals surface area contributed by atoms with Crippen molar-refractivity contribution in [1.82, 2.24) is 5.32 Å². The first-order valence-electron chi connectivity index (χ1n) is 11.0. The number of carbonyl (C=O) groups is 2. The summed E-state index contributed by atoms with van der Waals surface area (Å²) in [6, 6.07) is 17.7. The van der Waals surface area contributed by atoms with E-state index >= 15 is 0 Å². The van der Waals surface area contributed by atoms with Gasteiger partial charge in [-0.05, 0) is 69.7 Å². The number of para-hydroxylation sites is 1. The molecule has 9 heteroatoms. The Morgan fingerprint density at radius 3 is 2.26 bits per heavy atom. The third kappa shape index (κ3) is 6.21. The van der Waals surface area contributed by atoms with Crippen LogP contribution in [-0.2, 0) is 14.8 Å². The summed E-state index contributed by atoms with van der Waals surface area (Å²) in [5, 5.41) is 5.86. The Kier molecular flexibility index (Phi) is 8.19. The van der Waals surface area contributed by atoms with Gasteiger partial charge in [-0.3, -0.25) is 13.9 Å². The summed E-state index contributed by atoms with van der Waals surface area (Å²) in [7, 11) is -4.11. The molecule has 0 fully saturated rings. The first kappa shape index (κ1) is 26.2. The van der Waals surface area contributed by atoms with Crippen LogP contribution in [0.3, 0.4) is 0 Å². The van der Waals surface area contributed by atoms with Crippen LogP contribution in [0, 0.1) is 13.8 Å². The highest BCUT2D eigenvalue weighted by Gasteiger charge is 2.29. The number of aryl methyl sites for hydroxylation is 1. The van der Waals surface area contributed by atoms with Crippen LogP contribution in [-0.4, -0.2) is 32.8 Å². The average molecular weight is 514 g/mol. The van der Waals surface area contributed by atoms with Gasteiger partial charge in [0.15, 0.2) is 0 Å². The maximum absolute atomic E-state index is 13.6. The fraction of sp³-hybridized carbons (Fsp3) is 0.231. The molecule has 0 spiro atoms. The van der Waals surface area contributed by atoms with Gasteiger partial charge >= 0.3 is 0 Å². The number of benzene rings is 3. The van der Waals surface area contributed by atoms with Gasteiger partial charge in [-0.1, -0.05) is 47.5 Å². The molecule has 3 aromatic carbocycles. The number of hydrogen-bond donors (Lipinski definition) is 2. The molecular weight excluding hydrogens is 486 g/mol. The van der Waals surface area contributed by atoms with E-state index in [1.165, 1.54) is 12.1 Å². The Hall–Kier alpha value is -3.36. The molecule has 0 aliphatic heterocycles. The SMILES string of the molecule is Cc1ccc(S(=O)(=O)N(CC(=O)Nc2ccccc2C(=O)NC(C)C)c2cccc(Cl)c2C)cc1. The monoisotopic (exact) mass is 513 g/mol. The molecule has 0 aromatic heterocycles. The number of anilines is 2. The molecule has 35 heavy (non-hydrogen) atoms. The molecular formula is C26H28ClN3O4S. The number of amides is 2. The normalized spacial score (nSPS) is 11.3. The topological polar surface area (TPSA) is 95.6 Å². The Morgan fingerprint density at radius 2 is 1.60 bits per heavy atom. The summed E-state index contributed by atoms with van der Waals surface area (Å²) >= 11 is 6.27. The molecule has 0 bridgehead atoms. The maximum Gasteiger partial charge on any atom is 0.264 e. The second-order valence-corrected chi connectivity index (χ2v) is 10.7. The van der Waals surface area contributed by atoms with Crippen molar-refractivity contribution in [3.8, 4) is 0 Å². The Balaban J connectivity index is 1.98. The van der Waals surface area contributed by atoms with Crippen LogP contribution in [0.4, 0.5) is 11.4 Å². The molecule has 0 aliphatic carbocycles. The van der Waals surface area contributed by atoms with Gasteiger partial charge in [0, 0.05) is 11.1 Å². The van der Waals surface area contributed by atoms with Gasteiger partial charge in [-0.2, -0.15) is 0 Å². The van der Waals surface area contributed by atoms with Crippen molar-refractivity contribution in [2.75, 3.05) is 16.2 Å². The molecule has 7 nitrogen and oxygen atoms in total. The van der Waals surface area contributed by atoms with Crippen molar-refractivity contribution in [3.63, 3.8) is 0 Å². The number of halogens is 1. The van der Waals surface area contributed by atoms with Gasteiger partial charge in [0.05, 0.1) is 21.8 Å². The highest BCUT2D eigenvalue weighted by molar-refractivity contribution is 7.92. The second kappa shape index (κ2) is 10.9. The second-order valence-electron chi connectivity index (χ2n) is 8.43. The van der Waals surface area contributed by atoms with Crippen molar-refractivity contribution in [2.45, 2.75) is 38.6 Å². The van der Waals surface area contributed by atoms with E-state index in [1.54, 1.807) is 61.5 Å². The number of hydrogen-bond acceptors (Lipinski definition) is 4. The van der Waals surface area contributed by atoms with E-state index in [0.29, 0.717) is 16.3 Å². The van der Waals surface area contributed by atoms with Crippen molar-refractivity contribution < 1.29 is 18.0 Å². The molecule has 0 radical (unpaired) electrons. The van der Waals surface area contributed by atoms with Crippen LogP contribution in [0.2, 0.25) is 5.02 Å². The third-order valence-corrected chi connectivity index (χ3v) is 7.45. The van der Waals surface area contributed by atoms with Gasteiger partial charge in [-0.25, -0.2) is 8.42 Å². The zero-order valence-electron chi connectivity index (χ0n) is 20.0. The van der Waals surface area contributed by atoms with E-state index in [1.807, 2.05) is 20.8 Å². The van der Waals surface area contributed by atoms with Gasteiger partial charge in [-0.15, -0.1) is 0 Å². The summed E-state index contributed by atoms with van der Waals surface area (Å²) in [5.74, 6) is -0.949. The van der Waals surface area contributed by atoms with E-state index in [9.17, 15) is 18.0 Å². The standard InChI is InChI=1S/C26H28ClN3O4S/c1-17(2)28-26(32)21-8-5-6-10-23(21)29-25(31)16-30(24-11-7-9-22(27)19(24)4)35(33,34)20-14-12-18(3)13-15-20/h5-15,17H,16H2,1-4H3,(H,28,32)(H,29,31). The van der Waals surface area contributed by atoms with Crippen molar-refractivity contribution in [3.05, 3.63) is 88.4 Å². The molecule has 0 saturated carbocycles. The van der Waals surface area contributed by atoms with Crippen molar-refractivity contribution in [1.29, 1.82) is 0 Å². The van der Waals surface area contributed by atoms with Crippen LogP contribution in [0.15, 0.2) is 71.6 Å². The zero-order valence-corrected chi connectivity index (χ0v) is 21.6. The number of sulfonamides is 1. The minimum atomic E-state index is -4.11. The number of rotatable bonds is 8. The highest BCUT2D eigenvalue weighted by Crippen LogP contribution is 2.31. The lowest BCUT2D eigenvalue weighted by molar-refractivity contribution is -0.114. The average Bonchev–Trinajstić information content (AvgIpc) is 2.79. The summed E-state index contributed by atoms with van der Waals surface area (Å²) in [6.07, 6.45) is 0. The summed E-state index contributed by atoms with van der Waals surface area (Å²) in [4.78, 5) is 25.8. The lowest BCUT2D eigenvalue weighted by Crippen LogP contribution is -2.39. The highest BCUT2D eigenvalue weighted by atomic mass is 35.5. The molecule has 184 valence electrons. The first-order valence-corrected chi connectivity index (χ1v) is 12.9. The molecule has 0 atom stereocenters. The van der Waals surface area contributed by atoms with Gasteiger partial charge in [0.2, 0.25) is 5.91 Å². The molecule has 3 rings (SSSR count). The fourth-order valence-electron chi connectivity index (χ4n) is 3.45. The van der Waals surface area contributed by atoms with Gasteiger partial charge in [0.25, 0.3) is 15.9 Å². The molecule has 2 N–H and O–H groups in total. The quantitative estimate of drug-likeness (QED) is 0.446. The van der Waals surface area contributed by atoms with Gasteiger partial charge < -0.3 is 10.6 Å². The van der Waals surface area contributed by atoms with Crippen molar-refractivity contribution >= 4 is 44.8 Å². The minimum absolute atomic E-state index is 0.0481. The fourth-order valence-corrected chi connectivity index (χ4v) is 5.10. The molecule has 0 heterocycles. The molecule has 3 aromatic rings. The Labute approximate surface area is 211 Å². The van der Waals surface area contributed by atoms with Crippen LogP contribution in [0.1, 0.15) is 35.3 Å². The lowest BCUT2D eigenvalue weighted by Gasteiger charge is -2.26.